The molecule has 182 valence electrons. The van der Waals surface area contributed by atoms with Gasteiger partial charge in [-0.15, -0.1) is 0 Å². The van der Waals surface area contributed by atoms with Gasteiger partial charge in [0.25, 0.3) is 0 Å². The number of hydrogen-bond donors (Lipinski definition) is 0. The van der Waals surface area contributed by atoms with E-state index in [2.05, 4.69) is 0 Å². The molecule has 37 heavy (non-hydrogen) atoms. The molecule has 0 fully saturated rings. The number of aromatic nitrogens is 1. The van der Waals surface area contributed by atoms with Crippen LogP contribution in [0.4, 0.5) is 0 Å². The number of nitrogens with zero attached hydrogens (tertiary/aromatic N) is 1. The summed E-state index contributed by atoms with van der Waals surface area (Å²) in [6, 6.07) is 27.9. The second-order valence-corrected chi connectivity index (χ2v) is 8.62. The zero-order valence-electron chi connectivity index (χ0n) is 20.1. The average molecular weight is 490 g/mol. The fourth-order valence-corrected chi connectivity index (χ4v) is 4.73. The maximum absolute atomic E-state index is 13.3. The van der Waals surface area contributed by atoms with Crippen LogP contribution >= 0.6 is 0 Å². The molecular weight excluding hydrogens is 466 g/mol. The van der Waals surface area contributed by atoms with Crippen LogP contribution in [-0.2, 0) is 11.3 Å². The summed E-state index contributed by atoms with van der Waals surface area (Å²) in [5.41, 5.74) is 4.00. The lowest BCUT2D eigenvalue weighted by Gasteiger charge is -2.08. The molecular formula is C31H23NO5. The van der Waals surface area contributed by atoms with Crippen molar-refractivity contribution in [2.24, 2.45) is 0 Å². The second-order valence-electron chi connectivity index (χ2n) is 8.62. The van der Waals surface area contributed by atoms with Crippen LogP contribution in [0.5, 0.6) is 5.75 Å². The van der Waals surface area contributed by atoms with Gasteiger partial charge in [-0.25, -0.2) is 4.79 Å². The van der Waals surface area contributed by atoms with E-state index in [0.29, 0.717) is 34.6 Å². The number of ether oxygens (including phenoxy) is 2. The summed E-state index contributed by atoms with van der Waals surface area (Å²) < 4.78 is 19.5. The third kappa shape index (κ3) is 3.93. The minimum Gasteiger partial charge on any atom is -0.489 e. The van der Waals surface area contributed by atoms with Crippen molar-refractivity contribution in [3.05, 3.63) is 120 Å². The fourth-order valence-electron chi connectivity index (χ4n) is 4.73. The molecule has 0 atom stereocenters. The van der Waals surface area contributed by atoms with Crippen LogP contribution in [0.1, 0.15) is 39.0 Å². The second kappa shape index (κ2) is 9.32. The third-order valence-corrected chi connectivity index (χ3v) is 6.42. The summed E-state index contributed by atoms with van der Waals surface area (Å²) in [6.07, 6.45) is 1.91. The maximum atomic E-state index is 13.3. The van der Waals surface area contributed by atoms with Crippen LogP contribution in [0, 0.1) is 0 Å². The van der Waals surface area contributed by atoms with Gasteiger partial charge in [-0.05, 0) is 37.3 Å². The van der Waals surface area contributed by atoms with E-state index in [9.17, 15) is 9.59 Å². The highest BCUT2D eigenvalue weighted by Gasteiger charge is 2.23. The summed E-state index contributed by atoms with van der Waals surface area (Å²) in [6.45, 7) is 2.24. The van der Waals surface area contributed by atoms with Gasteiger partial charge in [0.15, 0.2) is 5.76 Å². The molecule has 0 aliphatic heterocycles. The molecule has 0 radical (unpaired) electrons. The number of furan rings is 1. The Bertz CT molecular complexity index is 1780. The van der Waals surface area contributed by atoms with E-state index in [0.717, 1.165) is 21.8 Å². The molecule has 0 saturated carbocycles. The van der Waals surface area contributed by atoms with E-state index >= 15 is 0 Å². The van der Waals surface area contributed by atoms with Crippen molar-refractivity contribution in [1.82, 2.24) is 4.40 Å². The lowest BCUT2D eigenvalue weighted by atomic mass is 10.0. The molecule has 0 saturated heterocycles. The van der Waals surface area contributed by atoms with Crippen LogP contribution in [-0.4, -0.2) is 22.8 Å². The summed E-state index contributed by atoms with van der Waals surface area (Å²) in [4.78, 5) is 26.0. The van der Waals surface area contributed by atoms with Crippen molar-refractivity contribution in [3.63, 3.8) is 0 Å². The maximum Gasteiger partial charge on any atom is 0.340 e. The van der Waals surface area contributed by atoms with Gasteiger partial charge in [-0.2, -0.15) is 0 Å². The number of rotatable bonds is 7. The number of carbonyl (C=O) groups excluding carboxylic acids is 2. The molecule has 0 aliphatic rings. The van der Waals surface area contributed by atoms with Gasteiger partial charge in [0.1, 0.15) is 17.9 Å². The molecule has 0 unspecified atom stereocenters. The van der Waals surface area contributed by atoms with E-state index in [-0.39, 0.29) is 24.1 Å². The van der Waals surface area contributed by atoms with Gasteiger partial charge in [0, 0.05) is 34.2 Å². The van der Waals surface area contributed by atoms with E-state index in [4.69, 9.17) is 13.9 Å². The Morgan fingerprint density at radius 2 is 1.62 bits per heavy atom. The topological polar surface area (TPSA) is 70.2 Å². The Balaban J connectivity index is 1.39. The molecule has 3 heterocycles. The highest BCUT2D eigenvalue weighted by Crippen LogP contribution is 2.32. The van der Waals surface area contributed by atoms with Gasteiger partial charge >= 0.3 is 5.97 Å². The number of para-hydroxylation sites is 1. The number of fused-ring (bicyclic) bond motifs is 4. The summed E-state index contributed by atoms with van der Waals surface area (Å²) >= 11 is 0. The van der Waals surface area contributed by atoms with E-state index in [1.54, 1.807) is 19.1 Å². The highest BCUT2D eigenvalue weighted by atomic mass is 16.5. The van der Waals surface area contributed by atoms with Gasteiger partial charge in [-0.1, -0.05) is 54.6 Å². The first-order valence-corrected chi connectivity index (χ1v) is 12.1. The zero-order valence-corrected chi connectivity index (χ0v) is 20.1. The number of carbonyl (C=O) groups is 2. The van der Waals surface area contributed by atoms with Gasteiger partial charge in [0.05, 0.1) is 23.2 Å². The predicted molar refractivity (Wildman–Crippen MR) is 141 cm³/mol. The molecule has 3 aromatic heterocycles. The Labute approximate surface area is 212 Å². The lowest BCUT2D eigenvalue weighted by Crippen LogP contribution is -2.05. The van der Waals surface area contributed by atoms with Crippen molar-refractivity contribution in [2.75, 3.05) is 6.61 Å². The molecule has 3 aromatic carbocycles. The van der Waals surface area contributed by atoms with Crippen LogP contribution in [0.3, 0.4) is 0 Å². The van der Waals surface area contributed by atoms with E-state index in [1.807, 2.05) is 89.5 Å². The Kier molecular flexibility index (Phi) is 5.69. The standard InChI is InChI=1S/C31H23NO5/c1-2-35-31(34)28-23-16-15-21(18-26(23)32-17-9-8-13-25(28)32)36-19-24-22-12-6-7-14-27(22)37-30(24)29(33)20-10-4-3-5-11-20/h3-18H,2,19H2,1H3. The number of benzene rings is 3. The lowest BCUT2D eigenvalue weighted by molar-refractivity contribution is 0.0530. The molecule has 6 aromatic rings. The van der Waals surface area contributed by atoms with Gasteiger partial charge in [-0.3, -0.25) is 4.79 Å². The minimum absolute atomic E-state index is 0.143. The van der Waals surface area contributed by atoms with Crippen LogP contribution in [0.15, 0.2) is 102 Å². The van der Waals surface area contributed by atoms with Crippen LogP contribution in [0.2, 0.25) is 0 Å². The monoisotopic (exact) mass is 489 g/mol. The third-order valence-electron chi connectivity index (χ3n) is 6.42. The first kappa shape index (κ1) is 22.6. The summed E-state index contributed by atoms with van der Waals surface area (Å²) in [5.74, 6) is 0.326. The number of pyridine rings is 1. The normalized spacial score (nSPS) is 11.3. The molecule has 0 N–H and O–H groups in total. The van der Waals surface area contributed by atoms with Crippen molar-refractivity contribution in [2.45, 2.75) is 13.5 Å². The number of esters is 1. The SMILES string of the molecule is CCOC(=O)c1c2ccc(OCc3c(C(=O)c4ccccc4)oc4ccccc34)cc2n2ccccc12. The average Bonchev–Trinajstić information content (AvgIpc) is 3.47. The van der Waals surface area contributed by atoms with Crippen molar-refractivity contribution in [3.8, 4) is 5.75 Å². The van der Waals surface area contributed by atoms with Crippen LogP contribution in [0.25, 0.3) is 27.4 Å². The minimum atomic E-state index is -0.358. The predicted octanol–water partition coefficient (Wildman–Crippen LogP) is 6.83. The first-order chi connectivity index (χ1) is 18.2. The van der Waals surface area contributed by atoms with Crippen molar-refractivity contribution < 1.29 is 23.5 Å². The number of ketones is 1. The number of hydrogen-bond acceptors (Lipinski definition) is 5. The van der Waals surface area contributed by atoms with Crippen molar-refractivity contribution >= 4 is 39.1 Å². The first-order valence-electron chi connectivity index (χ1n) is 12.1. The highest BCUT2D eigenvalue weighted by molar-refractivity contribution is 6.12. The van der Waals surface area contributed by atoms with Crippen molar-refractivity contribution in [1.29, 1.82) is 0 Å². The molecule has 0 amide bonds. The van der Waals surface area contributed by atoms with E-state index < -0.39 is 0 Å². The van der Waals surface area contributed by atoms with Gasteiger partial charge < -0.3 is 18.3 Å². The largest absolute Gasteiger partial charge is 0.489 e. The fraction of sp³-hybridized carbons (Fsp3) is 0.0968. The quantitative estimate of drug-likeness (QED) is 0.182. The zero-order chi connectivity index (χ0) is 25.4. The van der Waals surface area contributed by atoms with Gasteiger partial charge in [0.2, 0.25) is 5.78 Å². The summed E-state index contributed by atoms with van der Waals surface area (Å²) in [7, 11) is 0. The Hall–Kier alpha value is -4.84. The smallest absolute Gasteiger partial charge is 0.340 e. The molecule has 0 spiro atoms. The Morgan fingerprint density at radius 3 is 2.46 bits per heavy atom. The molecule has 6 rings (SSSR count). The molecule has 0 aliphatic carbocycles. The Morgan fingerprint density at radius 1 is 0.838 bits per heavy atom. The summed E-state index contributed by atoms with van der Waals surface area (Å²) in [5, 5.41) is 1.62. The van der Waals surface area contributed by atoms with E-state index in [1.165, 1.54) is 0 Å². The van der Waals surface area contributed by atoms with Crippen LogP contribution < -0.4 is 4.74 Å². The molecule has 0 bridgehead atoms. The molecule has 6 heteroatoms. The molecule has 6 nitrogen and oxygen atoms in total.